The molecule has 0 radical (unpaired) electrons. The second kappa shape index (κ2) is 2.70. The van der Waals surface area contributed by atoms with Gasteiger partial charge >= 0.3 is 0 Å². The highest BCUT2D eigenvalue weighted by Gasteiger charge is 2.48. The molecule has 13 heavy (non-hydrogen) atoms. The minimum Gasteiger partial charge on any atom is -0.367 e. The van der Waals surface area contributed by atoms with E-state index in [0.717, 1.165) is 0 Å². The summed E-state index contributed by atoms with van der Waals surface area (Å²) in [6.45, 7) is 1.37. The van der Waals surface area contributed by atoms with E-state index in [9.17, 15) is 14.9 Å². The van der Waals surface area contributed by atoms with E-state index in [1.807, 2.05) is 0 Å². The summed E-state index contributed by atoms with van der Waals surface area (Å²) in [7, 11) is 1.55. The van der Waals surface area contributed by atoms with Gasteiger partial charge in [-0.25, -0.2) is 5.43 Å². The molecule has 72 valence electrons. The van der Waals surface area contributed by atoms with Gasteiger partial charge < -0.3 is 10.7 Å². The second-order valence-corrected chi connectivity index (χ2v) is 2.98. The van der Waals surface area contributed by atoms with Gasteiger partial charge in [0.15, 0.2) is 0 Å². The summed E-state index contributed by atoms with van der Waals surface area (Å²) in [5.74, 6) is -0.778. The Labute approximate surface area is 74.3 Å². The Bertz CT molecular complexity index is 300. The Morgan fingerprint density at radius 1 is 1.85 bits per heavy atom. The van der Waals surface area contributed by atoms with Crippen LogP contribution >= 0.6 is 0 Å². The van der Waals surface area contributed by atoms with Crippen LogP contribution in [0.25, 0.3) is 0 Å². The molecule has 1 rings (SSSR count). The molecule has 3 N–H and O–H groups in total. The number of nitrogens with one attached hydrogen (secondary N) is 1. The predicted molar refractivity (Wildman–Crippen MR) is 43.6 cm³/mol. The van der Waals surface area contributed by atoms with Gasteiger partial charge in [-0.15, -0.1) is 0 Å². The van der Waals surface area contributed by atoms with Crippen molar-refractivity contribution >= 4 is 5.91 Å². The first kappa shape index (κ1) is 9.46. The van der Waals surface area contributed by atoms with E-state index in [0.29, 0.717) is 0 Å². The van der Waals surface area contributed by atoms with E-state index in [4.69, 9.17) is 5.73 Å². The number of nitrogens with two attached hydrogens (primary N) is 1. The molecule has 1 aliphatic rings. The number of amides is 1. The predicted octanol–water partition coefficient (Wildman–Crippen LogP) is -1.20. The van der Waals surface area contributed by atoms with Crippen LogP contribution in [-0.4, -0.2) is 28.4 Å². The summed E-state index contributed by atoms with van der Waals surface area (Å²) in [6, 6.07) is 0. The molecule has 1 atom stereocenters. The molecule has 0 aromatic heterocycles. The molecule has 1 aliphatic heterocycles. The normalized spacial score (nSPS) is 27.2. The summed E-state index contributed by atoms with van der Waals surface area (Å²) >= 11 is 0. The highest BCUT2D eigenvalue weighted by molar-refractivity contribution is 5.87. The Morgan fingerprint density at radius 2 is 2.38 bits per heavy atom. The number of hydrogen-bond donors (Lipinski definition) is 2. The minimum absolute atomic E-state index is 0.248. The number of hydrazine groups is 1. The standard InChI is InChI=1S/C6H10N4O3/c1-6(5(7)11)4(10(12)13)3-9(2)8-6/h3,8H,1-2H3,(H2,7,11). The molecular weight excluding hydrogens is 176 g/mol. The van der Waals surface area contributed by atoms with Crippen LogP contribution in [0.5, 0.6) is 0 Å². The van der Waals surface area contributed by atoms with Crippen LogP contribution in [0, 0.1) is 10.1 Å². The fourth-order valence-corrected chi connectivity index (χ4v) is 1.17. The van der Waals surface area contributed by atoms with Crippen LogP contribution in [0.3, 0.4) is 0 Å². The third kappa shape index (κ3) is 1.33. The first-order valence-electron chi connectivity index (χ1n) is 3.55. The van der Waals surface area contributed by atoms with Gasteiger partial charge in [0.2, 0.25) is 11.4 Å². The largest absolute Gasteiger partial charge is 0.367 e. The molecule has 1 unspecified atom stereocenters. The maximum atomic E-state index is 11.0. The quantitative estimate of drug-likeness (QED) is 0.416. The van der Waals surface area contributed by atoms with Gasteiger partial charge in [-0.3, -0.25) is 14.9 Å². The highest BCUT2D eigenvalue weighted by Crippen LogP contribution is 2.22. The number of carbonyl (C=O) groups is 1. The summed E-state index contributed by atoms with van der Waals surface area (Å²) in [5, 5.41) is 11.9. The van der Waals surface area contributed by atoms with Crippen molar-refractivity contribution < 1.29 is 9.72 Å². The van der Waals surface area contributed by atoms with Crippen molar-refractivity contribution in [3.63, 3.8) is 0 Å². The summed E-state index contributed by atoms with van der Waals surface area (Å²) in [5.41, 5.74) is 5.97. The van der Waals surface area contributed by atoms with Crippen LogP contribution in [0.1, 0.15) is 6.92 Å². The summed E-state index contributed by atoms with van der Waals surface area (Å²) < 4.78 is 0. The van der Waals surface area contributed by atoms with Gasteiger partial charge in [0.25, 0.3) is 5.70 Å². The Morgan fingerprint density at radius 3 is 2.69 bits per heavy atom. The lowest BCUT2D eigenvalue weighted by Crippen LogP contribution is -2.55. The maximum absolute atomic E-state index is 11.0. The van der Waals surface area contributed by atoms with E-state index in [-0.39, 0.29) is 5.70 Å². The molecule has 0 aromatic carbocycles. The van der Waals surface area contributed by atoms with E-state index < -0.39 is 16.4 Å². The maximum Gasteiger partial charge on any atom is 0.294 e. The first-order valence-corrected chi connectivity index (χ1v) is 3.55. The molecule has 0 aliphatic carbocycles. The fourth-order valence-electron chi connectivity index (χ4n) is 1.17. The van der Waals surface area contributed by atoms with Gasteiger partial charge in [-0.1, -0.05) is 0 Å². The van der Waals surface area contributed by atoms with Crippen LogP contribution in [0.4, 0.5) is 0 Å². The number of nitrogens with zero attached hydrogens (tertiary/aromatic N) is 2. The zero-order chi connectivity index (χ0) is 10.2. The Hall–Kier alpha value is -1.63. The van der Waals surface area contributed by atoms with Crippen molar-refractivity contribution in [3.8, 4) is 0 Å². The van der Waals surface area contributed by atoms with Crippen molar-refractivity contribution in [1.82, 2.24) is 10.4 Å². The first-order chi connectivity index (χ1) is 5.88. The van der Waals surface area contributed by atoms with Gasteiger partial charge in [0.1, 0.15) is 0 Å². The zero-order valence-corrected chi connectivity index (χ0v) is 7.27. The lowest BCUT2D eigenvalue weighted by molar-refractivity contribution is -0.432. The highest BCUT2D eigenvalue weighted by atomic mass is 16.6. The lowest BCUT2D eigenvalue weighted by Gasteiger charge is -2.20. The van der Waals surface area contributed by atoms with E-state index in [2.05, 4.69) is 5.43 Å². The molecule has 7 nitrogen and oxygen atoms in total. The number of carbonyl (C=O) groups excluding carboxylic acids is 1. The number of primary amides is 1. The van der Waals surface area contributed by atoms with Gasteiger partial charge in [0.05, 0.1) is 11.1 Å². The second-order valence-electron chi connectivity index (χ2n) is 2.98. The molecular formula is C6H10N4O3. The number of nitro groups is 1. The van der Waals surface area contributed by atoms with Gasteiger partial charge in [-0.05, 0) is 6.92 Å². The smallest absolute Gasteiger partial charge is 0.294 e. The monoisotopic (exact) mass is 186 g/mol. The average molecular weight is 186 g/mol. The fraction of sp³-hybridized carbons (Fsp3) is 0.500. The van der Waals surface area contributed by atoms with Crippen molar-refractivity contribution in [2.24, 2.45) is 5.73 Å². The van der Waals surface area contributed by atoms with Crippen LogP contribution in [0.15, 0.2) is 11.9 Å². The molecule has 0 saturated heterocycles. The molecule has 1 heterocycles. The minimum atomic E-state index is -1.42. The average Bonchev–Trinajstić information content (AvgIpc) is 2.27. The van der Waals surface area contributed by atoms with Gasteiger partial charge in [-0.2, -0.15) is 0 Å². The van der Waals surface area contributed by atoms with Crippen LogP contribution in [0.2, 0.25) is 0 Å². The van der Waals surface area contributed by atoms with Gasteiger partial charge in [0, 0.05) is 7.05 Å². The van der Waals surface area contributed by atoms with Crippen LogP contribution < -0.4 is 11.2 Å². The number of hydrogen-bond acceptors (Lipinski definition) is 5. The third-order valence-corrected chi connectivity index (χ3v) is 1.92. The van der Waals surface area contributed by atoms with E-state index in [1.54, 1.807) is 7.05 Å². The summed E-state index contributed by atoms with van der Waals surface area (Å²) in [4.78, 5) is 20.9. The Kier molecular flexibility index (Phi) is 1.96. The lowest BCUT2D eigenvalue weighted by atomic mass is 10.0. The molecule has 7 heteroatoms. The van der Waals surface area contributed by atoms with E-state index in [1.165, 1.54) is 18.1 Å². The molecule has 0 saturated carbocycles. The van der Waals surface area contributed by atoms with Crippen molar-refractivity contribution in [3.05, 3.63) is 22.0 Å². The molecule has 0 bridgehead atoms. The Balaban J connectivity index is 3.09. The third-order valence-electron chi connectivity index (χ3n) is 1.92. The molecule has 1 amide bonds. The zero-order valence-electron chi connectivity index (χ0n) is 7.27. The van der Waals surface area contributed by atoms with Crippen LogP contribution in [-0.2, 0) is 4.79 Å². The molecule has 0 aromatic rings. The SMILES string of the molecule is CN1C=C([N+](=O)[O-])C(C)(C(N)=O)N1. The molecule has 0 spiro atoms. The van der Waals surface area contributed by atoms with Crippen molar-refractivity contribution in [1.29, 1.82) is 0 Å². The van der Waals surface area contributed by atoms with Crippen molar-refractivity contribution in [2.45, 2.75) is 12.5 Å². The summed E-state index contributed by atoms with van der Waals surface area (Å²) in [6.07, 6.45) is 1.23. The topological polar surface area (TPSA) is 102 Å². The molecule has 0 fully saturated rings. The number of rotatable bonds is 2. The van der Waals surface area contributed by atoms with E-state index >= 15 is 0 Å². The van der Waals surface area contributed by atoms with Crippen molar-refractivity contribution in [2.75, 3.05) is 7.05 Å².